The maximum absolute atomic E-state index is 12.2. The van der Waals surface area contributed by atoms with Gasteiger partial charge in [-0.2, -0.15) is 0 Å². The summed E-state index contributed by atoms with van der Waals surface area (Å²) in [7, 11) is -3.50. The molecule has 0 aliphatic heterocycles. The Morgan fingerprint density at radius 1 is 1.29 bits per heavy atom. The van der Waals surface area contributed by atoms with E-state index in [1.165, 1.54) is 4.31 Å². The first-order valence-electron chi connectivity index (χ1n) is 7.81. The van der Waals surface area contributed by atoms with Gasteiger partial charge < -0.3 is 10.6 Å². The summed E-state index contributed by atoms with van der Waals surface area (Å²) in [4.78, 5) is 16.0. The number of benzene rings is 1. The van der Waals surface area contributed by atoms with Gasteiger partial charge in [-0.05, 0) is 25.0 Å². The van der Waals surface area contributed by atoms with Crippen molar-refractivity contribution in [2.75, 3.05) is 23.7 Å². The molecular weight excluding hydrogens is 328 g/mol. The van der Waals surface area contributed by atoms with Crippen molar-refractivity contribution in [3.05, 3.63) is 36.5 Å². The van der Waals surface area contributed by atoms with E-state index < -0.39 is 10.0 Å². The average molecular weight is 348 g/mol. The predicted octanol–water partition coefficient (Wildman–Crippen LogP) is 1.46. The maximum Gasteiger partial charge on any atom is 0.315 e. The summed E-state index contributed by atoms with van der Waals surface area (Å²) in [5.41, 5.74) is 1.13. The monoisotopic (exact) mass is 348 g/mol. The fourth-order valence-corrected chi connectivity index (χ4v) is 3.42. The Morgan fingerprint density at radius 3 is 2.75 bits per heavy atom. The molecule has 0 bridgehead atoms. The molecule has 1 aromatic carbocycles. The number of aromatic nitrogens is 1. The number of nitrogens with one attached hydrogen (secondary N) is 2. The standard InChI is InChI=1S/C16H20N4O3S/c1-24(22,23)20(11-10-18-16(21)19-13-7-8-13)14-6-2-4-12-5-3-9-17-15(12)14/h2-6,9,13H,7-8,10-11H2,1H3,(H2,18,19,21). The lowest BCUT2D eigenvalue weighted by atomic mass is 10.2. The highest BCUT2D eigenvalue weighted by molar-refractivity contribution is 7.92. The van der Waals surface area contributed by atoms with E-state index in [2.05, 4.69) is 15.6 Å². The SMILES string of the molecule is CS(=O)(=O)N(CCNC(=O)NC1CC1)c1cccc2cccnc12. The van der Waals surface area contributed by atoms with Gasteiger partial charge in [0.05, 0.1) is 24.0 Å². The highest BCUT2D eigenvalue weighted by Crippen LogP contribution is 2.26. The third-order valence-electron chi connectivity index (χ3n) is 3.79. The van der Waals surface area contributed by atoms with E-state index in [-0.39, 0.29) is 25.2 Å². The van der Waals surface area contributed by atoms with Gasteiger partial charge in [0.15, 0.2) is 0 Å². The second-order valence-corrected chi connectivity index (χ2v) is 7.77. The van der Waals surface area contributed by atoms with Gasteiger partial charge in [0.2, 0.25) is 10.0 Å². The average Bonchev–Trinajstić information content (AvgIpc) is 3.34. The molecule has 128 valence electrons. The molecule has 24 heavy (non-hydrogen) atoms. The van der Waals surface area contributed by atoms with Gasteiger partial charge in [0.1, 0.15) is 0 Å². The molecule has 2 N–H and O–H groups in total. The van der Waals surface area contributed by atoms with Gasteiger partial charge in [-0.25, -0.2) is 13.2 Å². The highest BCUT2D eigenvalue weighted by Gasteiger charge is 2.24. The smallest absolute Gasteiger partial charge is 0.315 e. The quantitative estimate of drug-likeness (QED) is 0.827. The molecular formula is C16H20N4O3S. The first-order valence-corrected chi connectivity index (χ1v) is 9.66. The molecule has 0 radical (unpaired) electrons. The number of sulfonamides is 1. The summed E-state index contributed by atoms with van der Waals surface area (Å²) >= 11 is 0. The number of urea groups is 1. The number of carbonyl (C=O) groups excluding carboxylic acids is 1. The lowest BCUT2D eigenvalue weighted by molar-refractivity contribution is 0.241. The van der Waals surface area contributed by atoms with Crippen molar-refractivity contribution in [1.29, 1.82) is 0 Å². The number of anilines is 1. The van der Waals surface area contributed by atoms with Crippen molar-refractivity contribution in [3.63, 3.8) is 0 Å². The van der Waals surface area contributed by atoms with Gasteiger partial charge in [0, 0.05) is 24.2 Å². The molecule has 0 saturated heterocycles. The zero-order valence-corrected chi connectivity index (χ0v) is 14.2. The van der Waals surface area contributed by atoms with Crippen molar-refractivity contribution >= 4 is 32.6 Å². The van der Waals surface area contributed by atoms with Crippen LogP contribution < -0.4 is 14.9 Å². The number of rotatable bonds is 6. The fourth-order valence-electron chi connectivity index (χ4n) is 2.49. The minimum absolute atomic E-state index is 0.145. The summed E-state index contributed by atoms with van der Waals surface area (Å²) in [5, 5.41) is 6.37. The number of pyridine rings is 1. The summed E-state index contributed by atoms with van der Waals surface area (Å²) in [5.74, 6) is 0. The number of hydrogen-bond donors (Lipinski definition) is 2. The molecule has 1 aliphatic rings. The first-order chi connectivity index (χ1) is 11.4. The van der Waals surface area contributed by atoms with E-state index in [1.54, 1.807) is 24.4 Å². The fraction of sp³-hybridized carbons (Fsp3) is 0.375. The van der Waals surface area contributed by atoms with Crippen LogP contribution in [0.15, 0.2) is 36.5 Å². The molecule has 0 atom stereocenters. The van der Waals surface area contributed by atoms with Crippen molar-refractivity contribution in [1.82, 2.24) is 15.6 Å². The molecule has 1 saturated carbocycles. The summed E-state index contributed by atoms with van der Waals surface area (Å²) < 4.78 is 25.7. The van der Waals surface area contributed by atoms with Gasteiger partial charge in [-0.1, -0.05) is 18.2 Å². The van der Waals surface area contributed by atoms with Gasteiger partial charge in [-0.3, -0.25) is 9.29 Å². The Morgan fingerprint density at radius 2 is 2.04 bits per heavy atom. The summed E-state index contributed by atoms with van der Waals surface area (Å²) in [6.45, 7) is 0.363. The van der Waals surface area contributed by atoms with Crippen LogP contribution in [-0.2, 0) is 10.0 Å². The Kier molecular flexibility index (Phi) is 4.57. The summed E-state index contributed by atoms with van der Waals surface area (Å²) in [6.07, 6.45) is 4.79. The number of carbonyl (C=O) groups is 1. The van der Waals surface area contributed by atoms with E-state index in [4.69, 9.17) is 0 Å². The minimum Gasteiger partial charge on any atom is -0.336 e. The molecule has 7 nitrogen and oxygen atoms in total. The summed E-state index contributed by atoms with van der Waals surface area (Å²) in [6, 6.07) is 9.09. The van der Waals surface area contributed by atoms with E-state index in [0.29, 0.717) is 11.2 Å². The lowest BCUT2D eigenvalue weighted by Crippen LogP contribution is -2.42. The predicted molar refractivity (Wildman–Crippen MR) is 93.5 cm³/mol. The molecule has 8 heteroatoms. The molecule has 1 heterocycles. The topological polar surface area (TPSA) is 91.4 Å². The Balaban J connectivity index is 1.77. The molecule has 3 rings (SSSR count). The van der Waals surface area contributed by atoms with Crippen molar-refractivity contribution in [2.45, 2.75) is 18.9 Å². The molecule has 1 aromatic heterocycles. The molecule has 0 spiro atoms. The van der Waals surface area contributed by atoms with Crippen LogP contribution in [0.25, 0.3) is 10.9 Å². The zero-order valence-electron chi connectivity index (χ0n) is 13.4. The Hall–Kier alpha value is -2.35. The van der Waals surface area contributed by atoms with Crippen LogP contribution in [0.4, 0.5) is 10.5 Å². The van der Waals surface area contributed by atoms with Crippen LogP contribution in [0.5, 0.6) is 0 Å². The van der Waals surface area contributed by atoms with Crippen LogP contribution in [0.3, 0.4) is 0 Å². The van der Waals surface area contributed by atoms with Crippen molar-refractivity contribution in [2.24, 2.45) is 0 Å². The number of para-hydroxylation sites is 1. The largest absolute Gasteiger partial charge is 0.336 e. The zero-order chi connectivity index (χ0) is 17.2. The molecule has 1 fully saturated rings. The number of amides is 2. The molecule has 1 aliphatic carbocycles. The van der Waals surface area contributed by atoms with Crippen molar-refractivity contribution in [3.8, 4) is 0 Å². The molecule has 0 unspecified atom stereocenters. The van der Waals surface area contributed by atoms with Crippen LogP contribution in [0.2, 0.25) is 0 Å². The highest BCUT2D eigenvalue weighted by atomic mass is 32.2. The van der Waals surface area contributed by atoms with Crippen LogP contribution in [-0.4, -0.2) is 44.8 Å². The third-order valence-corrected chi connectivity index (χ3v) is 4.97. The second kappa shape index (κ2) is 6.64. The Labute approximate surface area is 141 Å². The van der Waals surface area contributed by atoms with E-state index in [1.807, 2.05) is 12.1 Å². The molecule has 2 amide bonds. The van der Waals surface area contributed by atoms with Crippen LogP contribution in [0, 0.1) is 0 Å². The van der Waals surface area contributed by atoms with Crippen LogP contribution in [0.1, 0.15) is 12.8 Å². The lowest BCUT2D eigenvalue weighted by Gasteiger charge is -2.23. The van der Waals surface area contributed by atoms with Crippen LogP contribution >= 0.6 is 0 Å². The minimum atomic E-state index is -3.50. The second-order valence-electron chi connectivity index (χ2n) is 5.86. The maximum atomic E-state index is 12.2. The number of nitrogens with zero attached hydrogens (tertiary/aromatic N) is 2. The Bertz CT molecular complexity index is 844. The third kappa shape index (κ3) is 3.94. The van der Waals surface area contributed by atoms with E-state index in [0.717, 1.165) is 24.5 Å². The van der Waals surface area contributed by atoms with E-state index in [9.17, 15) is 13.2 Å². The van der Waals surface area contributed by atoms with Gasteiger partial charge >= 0.3 is 6.03 Å². The molecule has 2 aromatic rings. The van der Waals surface area contributed by atoms with Gasteiger partial charge in [0.25, 0.3) is 0 Å². The normalized spacial score (nSPS) is 14.4. The van der Waals surface area contributed by atoms with Gasteiger partial charge in [-0.15, -0.1) is 0 Å². The van der Waals surface area contributed by atoms with E-state index >= 15 is 0 Å². The van der Waals surface area contributed by atoms with Crippen molar-refractivity contribution < 1.29 is 13.2 Å². The first kappa shape index (κ1) is 16.5. The number of fused-ring (bicyclic) bond motifs is 1. The number of hydrogen-bond acceptors (Lipinski definition) is 4.